The van der Waals surface area contributed by atoms with Crippen LogP contribution >= 0.6 is 22.9 Å². The smallest absolute Gasteiger partial charge is 0.107 e. The topological polar surface area (TPSA) is 24.9 Å². The van der Waals surface area contributed by atoms with Gasteiger partial charge >= 0.3 is 0 Å². The Balaban J connectivity index is 1.32. The summed E-state index contributed by atoms with van der Waals surface area (Å²) in [5.41, 5.74) is 1.19. The summed E-state index contributed by atoms with van der Waals surface area (Å²) >= 11 is 7.69. The Bertz CT molecular complexity index is 677. The summed E-state index contributed by atoms with van der Waals surface area (Å²) in [7, 11) is 0. The molecule has 1 N–H and O–H groups in total. The molecule has 1 aromatic carbocycles. The fraction of sp³-hybridized carbons (Fsp3) is 0.389. The summed E-state index contributed by atoms with van der Waals surface area (Å²) in [6.45, 7) is 1.98. The van der Waals surface area contributed by atoms with Gasteiger partial charge in [-0.2, -0.15) is 0 Å². The zero-order chi connectivity index (χ0) is 14.9. The lowest BCUT2D eigenvalue weighted by Crippen LogP contribution is -2.24. The minimum Gasteiger partial charge on any atom is -0.310 e. The molecule has 114 valence electrons. The summed E-state index contributed by atoms with van der Waals surface area (Å²) in [5.74, 6) is 2.50. The number of aromatic nitrogens is 1. The molecule has 4 rings (SSSR count). The van der Waals surface area contributed by atoms with Gasteiger partial charge in [-0.05, 0) is 54.8 Å². The molecule has 0 amide bonds. The monoisotopic (exact) mass is 330 g/mol. The van der Waals surface area contributed by atoms with Crippen LogP contribution in [0.2, 0.25) is 5.02 Å². The molecule has 1 fully saturated rings. The van der Waals surface area contributed by atoms with Gasteiger partial charge in [-0.25, -0.2) is 4.98 Å². The average molecular weight is 331 g/mol. The maximum absolute atomic E-state index is 5.93. The maximum Gasteiger partial charge on any atom is 0.107 e. The van der Waals surface area contributed by atoms with Gasteiger partial charge in [0.1, 0.15) is 5.01 Å². The molecule has 0 spiro atoms. The molecule has 2 nitrogen and oxygen atoms in total. The number of halogens is 1. The standard InChI is InChI=1S/C18H19ClN2S/c19-16-5-3-13(4-6-16)17-10-21-18(22-17)11-20-9-15-8-12-1-2-14(15)7-12/h1-6,10,12,14-15,20H,7-9,11H2. The molecule has 2 aliphatic carbocycles. The average Bonchev–Trinajstić information content (AvgIpc) is 3.24. The molecule has 3 unspecified atom stereocenters. The quantitative estimate of drug-likeness (QED) is 0.799. The minimum absolute atomic E-state index is 0.773. The Hall–Kier alpha value is -1.16. The van der Waals surface area contributed by atoms with Crippen LogP contribution in [0.4, 0.5) is 0 Å². The van der Waals surface area contributed by atoms with Crippen LogP contribution in [0.15, 0.2) is 42.6 Å². The Morgan fingerprint density at radius 1 is 1.18 bits per heavy atom. The van der Waals surface area contributed by atoms with Gasteiger partial charge in [0, 0.05) is 17.8 Å². The van der Waals surface area contributed by atoms with E-state index in [0.717, 1.165) is 40.9 Å². The highest BCUT2D eigenvalue weighted by Crippen LogP contribution is 2.43. The highest BCUT2D eigenvalue weighted by Gasteiger charge is 2.34. The van der Waals surface area contributed by atoms with Crippen molar-refractivity contribution in [3.63, 3.8) is 0 Å². The number of allylic oxidation sites excluding steroid dienone is 2. The van der Waals surface area contributed by atoms with E-state index in [9.17, 15) is 0 Å². The predicted molar refractivity (Wildman–Crippen MR) is 93.1 cm³/mol. The van der Waals surface area contributed by atoms with Gasteiger partial charge in [-0.1, -0.05) is 35.9 Å². The van der Waals surface area contributed by atoms with Gasteiger partial charge in [0.15, 0.2) is 0 Å². The number of hydrogen-bond donors (Lipinski definition) is 1. The summed E-state index contributed by atoms with van der Waals surface area (Å²) in [4.78, 5) is 5.74. The van der Waals surface area contributed by atoms with E-state index in [1.165, 1.54) is 23.3 Å². The van der Waals surface area contributed by atoms with Crippen LogP contribution in [0.5, 0.6) is 0 Å². The Kier molecular flexibility index (Phi) is 4.03. The van der Waals surface area contributed by atoms with E-state index in [1.807, 2.05) is 18.3 Å². The number of fused-ring (bicyclic) bond motifs is 2. The van der Waals surface area contributed by atoms with E-state index in [-0.39, 0.29) is 0 Å². The van der Waals surface area contributed by atoms with E-state index in [1.54, 1.807) is 11.3 Å². The highest BCUT2D eigenvalue weighted by atomic mass is 35.5. The molecule has 4 heteroatoms. The fourth-order valence-corrected chi connectivity index (χ4v) is 4.65. The number of benzene rings is 1. The predicted octanol–water partition coefficient (Wildman–Crippen LogP) is 4.77. The SMILES string of the molecule is Clc1ccc(-c2cnc(CNCC3CC4C=CC3C4)s2)cc1. The number of nitrogens with one attached hydrogen (secondary N) is 1. The van der Waals surface area contributed by atoms with Crippen molar-refractivity contribution in [1.82, 2.24) is 10.3 Å². The Morgan fingerprint density at radius 2 is 2.05 bits per heavy atom. The van der Waals surface area contributed by atoms with Gasteiger partial charge < -0.3 is 5.32 Å². The van der Waals surface area contributed by atoms with Crippen molar-refractivity contribution in [3.05, 3.63) is 52.6 Å². The van der Waals surface area contributed by atoms with Gasteiger partial charge in [0.25, 0.3) is 0 Å². The molecule has 0 saturated heterocycles. The van der Waals surface area contributed by atoms with Gasteiger partial charge in [0.2, 0.25) is 0 Å². The van der Waals surface area contributed by atoms with Crippen molar-refractivity contribution < 1.29 is 0 Å². The number of nitrogens with zero attached hydrogens (tertiary/aromatic N) is 1. The molecule has 2 aromatic rings. The molecule has 0 aliphatic heterocycles. The van der Waals surface area contributed by atoms with E-state index >= 15 is 0 Å². The summed E-state index contributed by atoms with van der Waals surface area (Å²) in [5, 5.41) is 5.52. The van der Waals surface area contributed by atoms with E-state index in [4.69, 9.17) is 11.6 Å². The molecule has 1 heterocycles. The number of thiazole rings is 1. The lowest BCUT2D eigenvalue weighted by Gasteiger charge is -2.17. The lowest BCUT2D eigenvalue weighted by atomic mass is 9.94. The van der Waals surface area contributed by atoms with Crippen LogP contribution in [0.1, 0.15) is 17.8 Å². The number of rotatable bonds is 5. The van der Waals surface area contributed by atoms with Crippen molar-refractivity contribution in [2.75, 3.05) is 6.54 Å². The van der Waals surface area contributed by atoms with Crippen LogP contribution in [0.3, 0.4) is 0 Å². The molecular formula is C18H19ClN2S. The van der Waals surface area contributed by atoms with Crippen molar-refractivity contribution in [2.24, 2.45) is 17.8 Å². The normalized spacial score (nSPS) is 26.0. The van der Waals surface area contributed by atoms with Crippen molar-refractivity contribution in [3.8, 4) is 10.4 Å². The van der Waals surface area contributed by atoms with Crippen LogP contribution < -0.4 is 5.32 Å². The third kappa shape index (κ3) is 2.98. The third-order valence-electron chi connectivity index (χ3n) is 4.78. The van der Waals surface area contributed by atoms with Crippen molar-refractivity contribution in [2.45, 2.75) is 19.4 Å². The highest BCUT2D eigenvalue weighted by molar-refractivity contribution is 7.15. The van der Waals surface area contributed by atoms with E-state index in [2.05, 4.69) is 34.6 Å². The minimum atomic E-state index is 0.773. The van der Waals surface area contributed by atoms with Gasteiger partial charge in [-0.15, -0.1) is 11.3 Å². The summed E-state index contributed by atoms with van der Waals surface area (Å²) in [6.07, 6.45) is 9.53. The van der Waals surface area contributed by atoms with Crippen LogP contribution in [-0.2, 0) is 6.54 Å². The van der Waals surface area contributed by atoms with Crippen LogP contribution in [0.25, 0.3) is 10.4 Å². The molecule has 3 atom stereocenters. The molecule has 2 aliphatic rings. The fourth-order valence-electron chi connectivity index (χ4n) is 3.63. The first-order valence-electron chi connectivity index (χ1n) is 7.87. The Morgan fingerprint density at radius 3 is 2.77 bits per heavy atom. The Labute approximate surface area is 140 Å². The first-order valence-corrected chi connectivity index (χ1v) is 9.07. The molecular weight excluding hydrogens is 312 g/mol. The van der Waals surface area contributed by atoms with Gasteiger partial charge in [0.05, 0.1) is 4.88 Å². The first kappa shape index (κ1) is 14.4. The molecule has 0 radical (unpaired) electrons. The van der Waals surface area contributed by atoms with Crippen LogP contribution in [0, 0.1) is 17.8 Å². The number of hydrogen-bond acceptors (Lipinski definition) is 3. The first-order chi connectivity index (χ1) is 10.8. The van der Waals surface area contributed by atoms with E-state index < -0.39 is 0 Å². The molecule has 22 heavy (non-hydrogen) atoms. The van der Waals surface area contributed by atoms with Crippen molar-refractivity contribution >= 4 is 22.9 Å². The second kappa shape index (κ2) is 6.15. The molecule has 1 saturated carbocycles. The van der Waals surface area contributed by atoms with Crippen LogP contribution in [-0.4, -0.2) is 11.5 Å². The van der Waals surface area contributed by atoms with E-state index in [0.29, 0.717) is 0 Å². The summed E-state index contributed by atoms with van der Waals surface area (Å²) < 4.78 is 0. The zero-order valence-electron chi connectivity index (χ0n) is 12.3. The van der Waals surface area contributed by atoms with Gasteiger partial charge in [-0.3, -0.25) is 0 Å². The third-order valence-corrected chi connectivity index (χ3v) is 6.08. The second-order valence-electron chi connectivity index (χ2n) is 6.30. The largest absolute Gasteiger partial charge is 0.310 e. The zero-order valence-corrected chi connectivity index (χ0v) is 13.9. The van der Waals surface area contributed by atoms with Crippen molar-refractivity contribution in [1.29, 1.82) is 0 Å². The maximum atomic E-state index is 5.93. The molecule has 2 bridgehead atoms. The lowest BCUT2D eigenvalue weighted by molar-refractivity contribution is 0.414. The second-order valence-corrected chi connectivity index (χ2v) is 7.85. The molecule has 1 aromatic heterocycles. The summed E-state index contributed by atoms with van der Waals surface area (Å²) in [6, 6.07) is 7.96.